The second-order valence-electron chi connectivity index (χ2n) is 3.64. The minimum atomic E-state index is -4.55. The average molecular weight is 280 g/mol. The lowest BCUT2D eigenvalue weighted by molar-refractivity contribution is -0.144. The Hall–Kier alpha value is -1.18. The van der Waals surface area contributed by atoms with E-state index in [4.69, 9.17) is 0 Å². The van der Waals surface area contributed by atoms with Crippen molar-refractivity contribution in [2.45, 2.75) is 18.3 Å². The van der Waals surface area contributed by atoms with Gasteiger partial charge in [-0.2, -0.15) is 24.9 Å². The molecule has 18 heavy (non-hydrogen) atoms. The Kier molecular flexibility index (Phi) is 5.06. The number of thioether (sulfide) groups is 1. The van der Waals surface area contributed by atoms with E-state index in [0.29, 0.717) is 6.54 Å². The van der Waals surface area contributed by atoms with E-state index in [-0.39, 0.29) is 16.9 Å². The molecule has 0 aliphatic rings. The van der Waals surface area contributed by atoms with Gasteiger partial charge in [0, 0.05) is 24.9 Å². The van der Waals surface area contributed by atoms with Crippen LogP contribution < -0.4 is 10.6 Å². The standard InChI is InChI=1S/C10H15F3N4S/c1-6(18-3)5-15-8-4-7(14-2)16-9(17-8)10(11,12)13/h4,6H,5H2,1-3H3,(H2,14,15,16,17). The lowest BCUT2D eigenvalue weighted by Crippen LogP contribution is -2.17. The van der Waals surface area contributed by atoms with Crippen LogP contribution in [0.2, 0.25) is 0 Å². The maximum Gasteiger partial charge on any atom is 0.451 e. The first-order chi connectivity index (χ1) is 8.36. The molecule has 0 spiro atoms. The van der Waals surface area contributed by atoms with Gasteiger partial charge in [0.05, 0.1) is 0 Å². The van der Waals surface area contributed by atoms with E-state index >= 15 is 0 Å². The van der Waals surface area contributed by atoms with Crippen LogP contribution in [0.25, 0.3) is 0 Å². The molecule has 0 aliphatic carbocycles. The minimum absolute atomic E-state index is 0.136. The zero-order chi connectivity index (χ0) is 13.8. The minimum Gasteiger partial charge on any atom is -0.373 e. The Bertz CT molecular complexity index is 397. The topological polar surface area (TPSA) is 49.8 Å². The number of halogens is 3. The Morgan fingerprint density at radius 1 is 1.33 bits per heavy atom. The van der Waals surface area contributed by atoms with Crippen LogP contribution >= 0.6 is 11.8 Å². The number of nitrogens with zero attached hydrogens (tertiary/aromatic N) is 2. The van der Waals surface area contributed by atoms with Crippen LogP contribution in [0.1, 0.15) is 12.7 Å². The van der Waals surface area contributed by atoms with Gasteiger partial charge in [0.1, 0.15) is 11.6 Å². The van der Waals surface area contributed by atoms with Crippen molar-refractivity contribution < 1.29 is 13.2 Å². The molecule has 0 aromatic carbocycles. The summed E-state index contributed by atoms with van der Waals surface area (Å²) in [6, 6.07) is 1.45. The third-order valence-corrected chi connectivity index (χ3v) is 3.18. The number of anilines is 2. The first-order valence-electron chi connectivity index (χ1n) is 5.27. The van der Waals surface area contributed by atoms with Crippen LogP contribution in [0.5, 0.6) is 0 Å². The van der Waals surface area contributed by atoms with Crippen LogP contribution in [0.4, 0.5) is 24.8 Å². The number of aromatic nitrogens is 2. The zero-order valence-corrected chi connectivity index (χ0v) is 11.1. The predicted molar refractivity (Wildman–Crippen MR) is 68.0 cm³/mol. The van der Waals surface area contributed by atoms with Gasteiger partial charge in [0.25, 0.3) is 0 Å². The molecule has 2 N–H and O–H groups in total. The molecule has 1 aromatic heterocycles. The molecule has 0 fully saturated rings. The van der Waals surface area contributed by atoms with Crippen molar-refractivity contribution in [1.82, 2.24) is 9.97 Å². The van der Waals surface area contributed by atoms with Crippen LogP contribution in [0.3, 0.4) is 0 Å². The second-order valence-corrected chi connectivity index (χ2v) is 4.91. The third kappa shape index (κ3) is 4.25. The van der Waals surface area contributed by atoms with Crippen molar-refractivity contribution in [3.05, 3.63) is 11.9 Å². The molecule has 4 nitrogen and oxygen atoms in total. The summed E-state index contributed by atoms with van der Waals surface area (Å²) in [7, 11) is 1.51. The fourth-order valence-electron chi connectivity index (χ4n) is 1.12. The van der Waals surface area contributed by atoms with E-state index in [9.17, 15) is 13.2 Å². The normalized spacial score (nSPS) is 13.2. The van der Waals surface area contributed by atoms with Gasteiger partial charge < -0.3 is 10.6 Å². The van der Waals surface area contributed by atoms with Crippen LogP contribution in [0, 0.1) is 0 Å². The maximum absolute atomic E-state index is 12.6. The molecule has 1 heterocycles. The first-order valence-corrected chi connectivity index (χ1v) is 6.56. The van der Waals surface area contributed by atoms with Crippen LogP contribution in [-0.2, 0) is 6.18 Å². The summed E-state index contributed by atoms with van der Waals surface area (Å²) in [6.07, 6.45) is -2.61. The number of hydrogen-bond donors (Lipinski definition) is 2. The van der Waals surface area contributed by atoms with Gasteiger partial charge in [-0.25, -0.2) is 9.97 Å². The van der Waals surface area contributed by atoms with Gasteiger partial charge in [-0.05, 0) is 6.26 Å². The predicted octanol–water partition coefficient (Wildman–Crippen LogP) is 2.70. The summed E-state index contributed by atoms with van der Waals surface area (Å²) in [6.45, 7) is 2.52. The molecule has 0 amide bonds. The fourth-order valence-corrected chi connectivity index (χ4v) is 1.37. The summed E-state index contributed by atoms with van der Waals surface area (Å²) in [5, 5.41) is 5.74. The highest BCUT2D eigenvalue weighted by Crippen LogP contribution is 2.28. The fraction of sp³-hybridized carbons (Fsp3) is 0.600. The molecule has 0 saturated carbocycles. The molecular weight excluding hydrogens is 265 g/mol. The molecule has 1 rings (SSSR count). The van der Waals surface area contributed by atoms with Crippen molar-refractivity contribution in [3.63, 3.8) is 0 Å². The third-order valence-electron chi connectivity index (χ3n) is 2.21. The van der Waals surface area contributed by atoms with Crippen molar-refractivity contribution in [3.8, 4) is 0 Å². The molecule has 1 unspecified atom stereocenters. The quantitative estimate of drug-likeness (QED) is 0.868. The second kappa shape index (κ2) is 6.12. The van der Waals surface area contributed by atoms with Gasteiger partial charge in [0.2, 0.25) is 5.82 Å². The Morgan fingerprint density at radius 2 is 1.94 bits per heavy atom. The monoisotopic (exact) mass is 280 g/mol. The highest BCUT2D eigenvalue weighted by Gasteiger charge is 2.35. The summed E-state index contributed by atoms with van der Waals surface area (Å²) < 4.78 is 37.7. The van der Waals surface area contributed by atoms with Crippen molar-refractivity contribution in [1.29, 1.82) is 0 Å². The van der Waals surface area contributed by atoms with E-state index in [2.05, 4.69) is 20.6 Å². The van der Waals surface area contributed by atoms with Crippen molar-refractivity contribution >= 4 is 23.4 Å². The van der Waals surface area contributed by atoms with E-state index in [1.165, 1.54) is 13.1 Å². The van der Waals surface area contributed by atoms with E-state index in [1.54, 1.807) is 11.8 Å². The Labute approximate surface area is 108 Å². The largest absolute Gasteiger partial charge is 0.451 e. The van der Waals surface area contributed by atoms with Gasteiger partial charge in [-0.15, -0.1) is 0 Å². The molecule has 0 saturated heterocycles. The van der Waals surface area contributed by atoms with Crippen molar-refractivity contribution in [2.24, 2.45) is 0 Å². The zero-order valence-electron chi connectivity index (χ0n) is 10.3. The average Bonchev–Trinajstić information content (AvgIpc) is 2.34. The summed E-state index contributed by atoms with van der Waals surface area (Å²) in [4.78, 5) is 6.84. The van der Waals surface area contributed by atoms with Gasteiger partial charge in [0.15, 0.2) is 0 Å². The van der Waals surface area contributed by atoms with E-state index < -0.39 is 12.0 Å². The smallest absolute Gasteiger partial charge is 0.373 e. The number of alkyl halides is 3. The Morgan fingerprint density at radius 3 is 2.44 bits per heavy atom. The molecule has 0 aliphatic heterocycles. The highest BCUT2D eigenvalue weighted by molar-refractivity contribution is 7.99. The summed E-state index contributed by atoms with van der Waals surface area (Å²) in [5.74, 6) is -0.840. The van der Waals surface area contributed by atoms with Gasteiger partial charge in [-0.1, -0.05) is 6.92 Å². The number of nitrogens with one attached hydrogen (secondary N) is 2. The number of rotatable bonds is 5. The van der Waals surface area contributed by atoms with Gasteiger partial charge in [-0.3, -0.25) is 0 Å². The van der Waals surface area contributed by atoms with Crippen LogP contribution in [0.15, 0.2) is 6.07 Å². The molecule has 1 aromatic rings. The lowest BCUT2D eigenvalue weighted by atomic mass is 10.4. The molecular formula is C10H15F3N4S. The summed E-state index contributed by atoms with van der Waals surface area (Å²) >= 11 is 1.62. The molecule has 102 valence electrons. The molecule has 0 bridgehead atoms. The maximum atomic E-state index is 12.6. The lowest BCUT2D eigenvalue weighted by Gasteiger charge is -2.13. The van der Waals surface area contributed by atoms with Crippen molar-refractivity contribution in [2.75, 3.05) is 30.5 Å². The molecule has 1 atom stereocenters. The molecule has 8 heteroatoms. The Balaban J connectivity index is 2.91. The molecule has 0 radical (unpaired) electrons. The SMILES string of the molecule is CNc1cc(NCC(C)SC)nc(C(F)(F)F)n1. The van der Waals surface area contributed by atoms with Crippen LogP contribution in [-0.4, -0.2) is 35.1 Å². The summed E-state index contributed by atoms with van der Waals surface area (Å²) in [5.41, 5.74) is 0. The number of hydrogen-bond acceptors (Lipinski definition) is 5. The first kappa shape index (κ1) is 14.9. The van der Waals surface area contributed by atoms with E-state index in [1.807, 2.05) is 13.2 Å². The van der Waals surface area contributed by atoms with Gasteiger partial charge >= 0.3 is 6.18 Å². The highest BCUT2D eigenvalue weighted by atomic mass is 32.2. The van der Waals surface area contributed by atoms with E-state index in [0.717, 1.165) is 0 Å².